The Labute approximate surface area is 121 Å². The molecular weight excluding hydrogens is 255 g/mol. The maximum Gasteiger partial charge on any atom is 0.496 e. The van der Waals surface area contributed by atoms with Crippen LogP contribution in [0, 0.1) is 0 Å². The second-order valence-electron chi connectivity index (χ2n) is 6.42. The fraction of sp³-hybridized carbons (Fsp3) is 0.643. The van der Waals surface area contributed by atoms with E-state index < -0.39 is 7.12 Å². The highest BCUT2D eigenvalue weighted by Crippen LogP contribution is 2.36. The van der Waals surface area contributed by atoms with Crippen LogP contribution in [0.25, 0.3) is 0 Å². The van der Waals surface area contributed by atoms with Gasteiger partial charge in [-0.2, -0.15) is 0 Å². The highest BCUT2D eigenvalue weighted by atomic mass is 16.7. The number of nitrogens with two attached hydrogens (primary N) is 1. The third-order valence-electron chi connectivity index (χ3n) is 3.77. The summed E-state index contributed by atoms with van der Waals surface area (Å²) in [5.41, 5.74) is 6.52. The minimum absolute atomic E-state index is 0.0347. The number of hydrogen-bond donors (Lipinski definition) is 1. The molecular formula is C14H23BN2O3. The van der Waals surface area contributed by atoms with Crippen molar-refractivity contribution in [2.75, 3.05) is 5.73 Å². The van der Waals surface area contributed by atoms with Gasteiger partial charge in [0, 0.05) is 11.7 Å². The molecule has 1 aliphatic heterocycles. The van der Waals surface area contributed by atoms with Gasteiger partial charge in [-0.05, 0) is 47.6 Å². The molecule has 1 fully saturated rings. The van der Waals surface area contributed by atoms with Gasteiger partial charge in [0.05, 0.1) is 23.0 Å². The SMILES string of the molecule is CC(C)Oc1ncc(B2OC(C)(C)C(C)(C)O2)cc1N. The van der Waals surface area contributed by atoms with Crippen LogP contribution >= 0.6 is 0 Å². The maximum atomic E-state index is 5.97. The van der Waals surface area contributed by atoms with Gasteiger partial charge in [0.15, 0.2) is 0 Å². The molecule has 0 atom stereocenters. The van der Waals surface area contributed by atoms with Crippen molar-refractivity contribution < 1.29 is 14.0 Å². The number of anilines is 1. The van der Waals surface area contributed by atoms with Crippen molar-refractivity contribution in [3.8, 4) is 5.88 Å². The van der Waals surface area contributed by atoms with Crippen molar-refractivity contribution >= 4 is 18.3 Å². The number of hydrogen-bond acceptors (Lipinski definition) is 5. The standard InChI is InChI=1S/C14H23BN2O3/c1-9(2)18-12-11(16)7-10(8-17-12)15-19-13(3,4)14(5,6)20-15/h7-9H,16H2,1-6H3. The van der Waals surface area contributed by atoms with E-state index in [0.29, 0.717) is 11.6 Å². The molecule has 0 saturated carbocycles. The molecule has 6 heteroatoms. The molecule has 0 amide bonds. The zero-order valence-electron chi connectivity index (χ0n) is 13.1. The van der Waals surface area contributed by atoms with Gasteiger partial charge in [-0.25, -0.2) is 4.98 Å². The topological polar surface area (TPSA) is 66.6 Å². The van der Waals surface area contributed by atoms with Gasteiger partial charge in [-0.1, -0.05) is 0 Å². The summed E-state index contributed by atoms with van der Waals surface area (Å²) in [6, 6.07) is 1.80. The van der Waals surface area contributed by atoms with Crippen molar-refractivity contribution in [1.29, 1.82) is 0 Å². The molecule has 2 heterocycles. The Kier molecular flexibility index (Phi) is 3.73. The third kappa shape index (κ3) is 2.76. The van der Waals surface area contributed by atoms with Gasteiger partial charge in [-0.3, -0.25) is 0 Å². The van der Waals surface area contributed by atoms with Gasteiger partial charge in [-0.15, -0.1) is 0 Å². The first-order valence-electron chi connectivity index (χ1n) is 6.90. The lowest BCUT2D eigenvalue weighted by Crippen LogP contribution is -2.41. The van der Waals surface area contributed by atoms with E-state index in [9.17, 15) is 0 Å². The molecule has 2 rings (SSSR count). The van der Waals surface area contributed by atoms with Gasteiger partial charge >= 0.3 is 7.12 Å². The van der Waals surface area contributed by atoms with E-state index in [4.69, 9.17) is 19.8 Å². The summed E-state index contributed by atoms with van der Waals surface area (Å²) >= 11 is 0. The van der Waals surface area contributed by atoms with Crippen LogP contribution < -0.4 is 15.9 Å². The number of nitrogens with zero attached hydrogens (tertiary/aromatic N) is 1. The molecule has 0 radical (unpaired) electrons. The van der Waals surface area contributed by atoms with Gasteiger partial charge in [0.1, 0.15) is 0 Å². The fourth-order valence-electron chi connectivity index (χ4n) is 1.92. The summed E-state index contributed by atoms with van der Waals surface area (Å²) in [4.78, 5) is 4.25. The normalized spacial score (nSPS) is 20.4. The summed E-state index contributed by atoms with van der Waals surface area (Å²) in [5.74, 6) is 0.445. The molecule has 0 aliphatic carbocycles. The second kappa shape index (κ2) is 4.93. The van der Waals surface area contributed by atoms with E-state index in [1.165, 1.54) is 0 Å². The number of nitrogen functional groups attached to an aromatic ring is 1. The quantitative estimate of drug-likeness (QED) is 0.853. The monoisotopic (exact) mass is 278 g/mol. The Hall–Kier alpha value is -1.27. The smallest absolute Gasteiger partial charge is 0.473 e. The Balaban J connectivity index is 2.22. The van der Waals surface area contributed by atoms with E-state index in [2.05, 4.69) is 4.98 Å². The highest BCUT2D eigenvalue weighted by molar-refractivity contribution is 6.62. The molecule has 20 heavy (non-hydrogen) atoms. The van der Waals surface area contributed by atoms with Crippen LogP contribution in [-0.2, 0) is 9.31 Å². The molecule has 0 aromatic carbocycles. The molecule has 1 saturated heterocycles. The fourth-order valence-corrected chi connectivity index (χ4v) is 1.92. The van der Waals surface area contributed by atoms with Crippen LogP contribution in [0.5, 0.6) is 5.88 Å². The van der Waals surface area contributed by atoms with Crippen LogP contribution in [0.4, 0.5) is 5.69 Å². The zero-order chi connectivity index (χ0) is 15.1. The van der Waals surface area contributed by atoms with Crippen LogP contribution in [0.2, 0.25) is 0 Å². The van der Waals surface area contributed by atoms with E-state index in [-0.39, 0.29) is 17.3 Å². The van der Waals surface area contributed by atoms with Crippen LogP contribution in [-0.4, -0.2) is 29.4 Å². The predicted molar refractivity (Wildman–Crippen MR) is 80.1 cm³/mol. The van der Waals surface area contributed by atoms with E-state index in [1.807, 2.05) is 41.5 Å². The lowest BCUT2D eigenvalue weighted by molar-refractivity contribution is 0.00578. The third-order valence-corrected chi connectivity index (χ3v) is 3.77. The Morgan fingerprint density at radius 3 is 2.20 bits per heavy atom. The summed E-state index contributed by atoms with van der Waals surface area (Å²) in [6.45, 7) is 11.9. The summed E-state index contributed by atoms with van der Waals surface area (Å²) in [6.07, 6.45) is 1.73. The average molecular weight is 278 g/mol. The van der Waals surface area contributed by atoms with Crippen molar-refractivity contribution in [1.82, 2.24) is 4.98 Å². The van der Waals surface area contributed by atoms with Crippen LogP contribution in [0.1, 0.15) is 41.5 Å². The van der Waals surface area contributed by atoms with Crippen molar-refractivity contribution in [3.05, 3.63) is 12.3 Å². The van der Waals surface area contributed by atoms with Crippen molar-refractivity contribution in [2.45, 2.75) is 58.8 Å². The number of ether oxygens (including phenoxy) is 1. The van der Waals surface area contributed by atoms with Gasteiger partial charge in [0.2, 0.25) is 5.88 Å². The van der Waals surface area contributed by atoms with Gasteiger partial charge < -0.3 is 19.8 Å². The molecule has 1 aromatic rings. The molecule has 1 aromatic heterocycles. The maximum absolute atomic E-state index is 5.97. The Morgan fingerprint density at radius 1 is 1.20 bits per heavy atom. The molecule has 2 N–H and O–H groups in total. The lowest BCUT2D eigenvalue weighted by atomic mass is 9.80. The Bertz CT molecular complexity index is 487. The van der Waals surface area contributed by atoms with Gasteiger partial charge in [0.25, 0.3) is 0 Å². The molecule has 0 unspecified atom stereocenters. The van der Waals surface area contributed by atoms with E-state index in [0.717, 1.165) is 5.46 Å². The average Bonchev–Trinajstić information content (AvgIpc) is 2.50. The minimum Gasteiger partial charge on any atom is -0.473 e. The first-order chi connectivity index (χ1) is 9.12. The predicted octanol–water partition coefficient (Wildman–Crippen LogP) is 1.75. The van der Waals surface area contributed by atoms with Crippen LogP contribution in [0.15, 0.2) is 12.3 Å². The first kappa shape index (κ1) is 15.1. The minimum atomic E-state index is -0.456. The molecule has 0 bridgehead atoms. The highest BCUT2D eigenvalue weighted by Gasteiger charge is 2.51. The van der Waals surface area contributed by atoms with E-state index in [1.54, 1.807) is 12.3 Å². The molecule has 0 spiro atoms. The second-order valence-corrected chi connectivity index (χ2v) is 6.42. The zero-order valence-corrected chi connectivity index (χ0v) is 13.1. The van der Waals surface area contributed by atoms with Crippen molar-refractivity contribution in [2.24, 2.45) is 0 Å². The van der Waals surface area contributed by atoms with Crippen LogP contribution in [0.3, 0.4) is 0 Å². The van der Waals surface area contributed by atoms with Crippen molar-refractivity contribution in [3.63, 3.8) is 0 Å². The molecule has 5 nitrogen and oxygen atoms in total. The number of rotatable bonds is 3. The summed E-state index contributed by atoms with van der Waals surface area (Å²) < 4.78 is 17.5. The molecule has 110 valence electrons. The lowest BCUT2D eigenvalue weighted by Gasteiger charge is -2.32. The molecule has 1 aliphatic rings. The number of aromatic nitrogens is 1. The summed E-state index contributed by atoms with van der Waals surface area (Å²) in [5, 5.41) is 0. The largest absolute Gasteiger partial charge is 0.496 e. The van der Waals surface area contributed by atoms with E-state index >= 15 is 0 Å². The summed E-state index contributed by atoms with van der Waals surface area (Å²) in [7, 11) is -0.456. The Morgan fingerprint density at radius 2 is 1.75 bits per heavy atom. The number of pyridine rings is 1. The first-order valence-corrected chi connectivity index (χ1v) is 6.90.